The number of nitrogens with one attached hydrogen (secondary N) is 1. The highest BCUT2D eigenvalue weighted by molar-refractivity contribution is 7.99. The Hall–Kier alpha value is -0.870. The molecule has 98 valence electrons. The molecule has 1 aliphatic rings. The first-order valence-electron chi connectivity index (χ1n) is 6.01. The number of carbonyl (C=O) groups is 1. The Labute approximate surface area is 116 Å². The van der Waals surface area contributed by atoms with Crippen LogP contribution < -0.4 is 5.32 Å². The standard InChI is InChI=1S/C13H16ClNO2S/c14-10-1-2-12(16)11(7-10)13(17)15-8-9-3-5-18-6-4-9/h1-2,7,9,16H,3-6,8H2,(H,15,17). The summed E-state index contributed by atoms with van der Waals surface area (Å²) in [7, 11) is 0. The normalized spacial score (nSPS) is 16.5. The van der Waals surface area contributed by atoms with Gasteiger partial charge in [-0.2, -0.15) is 11.8 Å². The molecular formula is C13H16ClNO2S. The average Bonchev–Trinajstić information content (AvgIpc) is 2.40. The quantitative estimate of drug-likeness (QED) is 0.898. The second-order valence-corrected chi connectivity index (χ2v) is 6.09. The maximum absolute atomic E-state index is 11.9. The van der Waals surface area contributed by atoms with E-state index in [4.69, 9.17) is 11.6 Å². The van der Waals surface area contributed by atoms with Gasteiger partial charge in [-0.3, -0.25) is 4.79 Å². The van der Waals surface area contributed by atoms with Gasteiger partial charge in [-0.15, -0.1) is 0 Å². The fourth-order valence-electron chi connectivity index (χ4n) is 1.97. The van der Waals surface area contributed by atoms with Gasteiger partial charge in [-0.25, -0.2) is 0 Å². The van der Waals surface area contributed by atoms with E-state index in [-0.39, 0.29) is 17.2 Å². The van der Waals surface area contributed by atoms with E-state index >= 15 is 0 Å². The van der Waals surface area contributed by atoms with Crippen LogP contribution in [0.5, 0.6) is 5.75 Å². The highest BCUT2D eigenvalue weighted by Crippen LogP contribution is 2.23. The number of phenolic OH excluding ortho intramolecular Hbond substituents is 1. The van der Waals surface area contributed by atoms with Gasteiger partial charge in [0.05, 0.1) is 5.56 Å². The van der Waals surface area contributed by atoms with E-state index in [0.29, 0.717) is 17.5 Å². The van der Waals surface area contributed by atoms with Crippen molar-refractivity contribution in [1.29, 1.82) is 0 Å². The fraction of sp³-hybridized carbons (Fsp3) is 0.462. The van der Waals surface area contributed by atoms with Crippen LogP contribution in [0.2, 0.25) is 5.02 Å². The van der Waals surface area contributed by atoms with Crippen LogP contribution in [-0.4, -0.2) is 29.1 Å². The van der Waals surface area contributed by atoms with Crippen molar-refractivity contribution >= 4 is 29.3 Å². The Balaban J connectivity index is 1.92. The molecule has 1 amide bonds. The predicted molar refractivity (Wildman–Crippen MR) is 75.5 cm³/mol. The Morgan fingerprint density at radius 2 is 2.17 bits per heavy atom. The molecular weight excluding hydrogens is 270 g/mol. The zero-order chi connectivity index (χ0) is 13.0. The molecule has 0 aliphatic carbocycles. The Morgan fingerprint density at radius 3 is 2.89 bits per heavy atom. The summed E-state index contributed by atoms with van der Waals surface area (Å²) in [5.41, 5.74) is 0.243. The molecule has 0 bridgehead atoms. The smallest absolute Gasteiger partial charge is 0.255 e. The number of benzene rings is 1. The molecule has 0 atom stereocenters. The Bertz CT molecular complexity index is 433. The van der Waals surface area contributed by atoms with Crippen LogP contribution in [0.15, 0.2) is 18.2 Å². The third-order valence-corrected chi connectivity index (χ3v) is 4.38. The van der Waals surface area contributed by atoms with Crippen LogP contribution in [0, 0.1) is 5.92 Å². The van der Waals surface area contributed by atoms with Crippen molar-refractivity contribution in [2.24, 2.45) is 5.92 Å². The summed E-state index contributed by atoms with van der Waals surface area (Å²) < 4.78 is 0. The van der Waals surface area contributed by atoms with Gasteiger partial charge in [-0.05, 0) is 48.5 Å². The van der Waals surface area contributed by atoms with E-state index < -0.39 is 0 Å². The second-order valence-electron chi connectivity index (χ2n) is 4.43. The van der Waals surface area contributed by atoms with E-state index in [1.165, 1.54) is 23.6 Å². The summed E-state index contributed by atoms with van der Waals surface area (Å²) in [5, 5.41) is 12.9. The van der Waals surface area contributed by atoms with Gasteiger partial charge in [0.2, 0.25) is 0 Å². The van der Waals surface area contributed by atoms with Crippen molar-refractivity contribution < 1.29 is 9.90 Å². The number of aromatic hydroxyl groups is 1. The molecule has 1 saturated heterocycles. The van der Waals surface area contributed by atoms with E-state index in [2.05, 4.69) is 5.32 Å². The molecule has 1 aromatic rings. The minimum absolute atomic E-state index is 0.0314. The first kappa shape index (κ1) is 13.6. The number of thioether (sulfide) groups is 1. The molecule has 5 heteroatoms. The monoisotopic (exact) mass is 285 g/mol. The van der Waals surface area contributed by atoms with Crippen LogP contribution >= 0.6 is 23.4 Å². The minimum atomic E-state index is -0.256. The van der Waals surface area contributed by atoms with Crippen LogP contribution in [-0.2, 0) is 0 Å². The van der Waals surface area contributed by atoms with Crippen molar-refractivity contribution in [1.82, 2.24) is 5.32 Å². The maximum atomic E-state index is 11.9. The first-order chi connectivity index (χ1) is 8.66. The summed E-state index contributed by atoms with van der Waals surface area (Å²) in [6, 6.07) is 4.49. The fourth-order valence-corrected chi connectivity index (χ4v) is 3.35. The molecule has 0 spiro atoms. The van der Waals surface area contributed by atoms with Gasteiger partial charge < -0.3 is 10.4 Å². The lowest BCUT2D eigenvalue weighted by Gasteiger charge is -2.21. The molecule has 3 nitrogen and oxygen atoms in total. The Morgan fingerprint density at radius 1 is 1.44 bits per heavy atom. The van der Waals surface area contributed by atoms with Crippen LogP contribution in [0.25, 0.3) is 0 Å². The van der Waals surface area contributed by atoms with Crippen molar-refractivity contribution in [3.05, 3.63) is 28.8 Å². The summed E-state index contributed by atoms with van der Waals surface area (Å²) in [5.74, 6) is 2.60. The summed E-state index contributed by atoms with van der Waals surface area (Å²) in [4.78, 5) is 11.9. The zero-order valence-corrected chi connectivity index (χ0v) is 11.6. The van der Waals surface area contributed by atoms with E-state index in [1.807, 2.05) is 11.8 Å². The lowest BCUT2D eigenvalue weighted by molar-refractivity contribution is 0.0943. The SMILES string of the molecule is O=C(NCC1CCSCC1)c1cc(Cl)ccc1O. The Kier molecular flexibility index (Phi) is 4.78. The van der Waals surface area contributed by atoms with Crippen LogP contribution in [0.1, 0.15) is 23.2 Å². The third kappa shape index (κ3) is 3.56. The molecule has 1 heterocycles. The molecule has 0 unspecified atom stereocenters. The molecule has 1 aliphatic heterocycles. The lowest BCUT2D eigenvalue weighted by atomic mass is 10.0. The summed E-state index contributed by atoms with van der Waals surface area (Å²) in [6.07, 6.45) is 2.29. The van der Waals surface area contributed by atoms with Gasteiger partial charge in [0.15, 0.2) is 0 Å². The predicted octanol–water partition coefficient (Wildman–Crippen LogP) is 2.92. The summed E-state index contributed by atoms with van der Waals surface area (Å²) in [6.45, 7) is 0.672. The molecule has 0 aromatic heterocycles. The van der Waals surface area contributed by atoms with Crippen molar-refractivity contribution in [3.8, 4) is 5.75 Å². The van der Waals surface area contributed by atoms with Crippen molar-refractivity contribution in [2.75, 3.05) is 18.1 Å². The number of carbonyl (C=O) groups excluding carboxylic acids is 1. The number of hydrogen-bond acceptors (Lipinski definition) is 3. The van der Waals surface area contributed by atoms with E-state index in [9.17, 15) is 9.90 Å². The van der Waals surface area contributed by atoms with Gasteiger partial charge in [0, 0.05) is 11.6 Å². The molecule has 2 rings (SSSR count). The van der Waals surface area contributed by atoms with E-state index in [1.54, 1.807) is 6.07 Å². The van der Waals surface area contributed by atoms with Gasteiger partial charge >= 0.3 is 0 Å². The first-order valence-corrected chi connectivity index (χ1v) is 7.54. The van der Waals surface area contributed by atoms with Gasteiger partial charge in [-0.1, -0.05) is 11.6 Å². The molecule has 0 radical (unpaired) electrons. The van der Waals surface area contributed by atoms with Gasteiger partial charge in [0.1, 0.15) is 5.75 Å². The average molecular weight is 286 g/mol. The van der Waals surface area contributed by atoms with E-state index in [0.717, 1.165) is 12.8 Å². The van der Waals surface area contributed by atoms with Crippen LogP contribution in [0.3, 0.4) is 0 Å². The van der Waals surface area contributed by atoms with Gasteiger partial charge in [0.25, 0.3) is 5.91 Å². The number of halogens is 1. The molecule has 2 N–H and O–H groups in total. The zero-order valence-electron chi connectivity index (χ0n) is 9.99. The summed E-state index contributed by atoms with van der Waals surface area (Å²) >= 11 is 7.78. The second kappa shape index (κ2) is 6.34. The number of hydrogen-bond donors (Lipinski definition) is 2. The van der Waals surface area contributed by atoms with Crippen LogP contribution in [0.4, 0.5) is 0 Å². The minimum Gasteiger partial charge on any atom is -0.507 e. The molecule has 1 fully saturated rings. The number of phenols is 1. The maximum Gasteiger partial charge on any atom is 0.255 e. The highest BCUT2D eigenvalue weighted by atomic mass is 35.5. The lowest BCUT2D eigenvalue weighted by Crippen LogP contribution is -2.31. The number of rotatable bonds is 3. The molecule has 18 heavy (non-hydrogen) atoms. The third-order valence-electron chi connectivity index (χ3n) is 3.10. The molecule has 1 aromatic carbocycles. The largest absolute Gasteiger partial charge is 0.507 e. The van der Waals surface area contributed by atoms with Crippen molar-refractivity contribution in [2.45, 2.75) is 12.8 Å². The number of amides is 1. The van der Waals surface area contributed by atoms with Crippen molar-refractivity contribution in [3.63, 3.8) is 0 Å². The highest BCUT2D eigenvalue weighted by Gasteiger charge is 2.16. The topological polar surface area (TPSA) is 49.3 Å². The molecule has 0 saturated carbocycles.